The number of hydrogen-bond donors (Lipinski definition) is 3. The molecule has 0 aliphatic heterocycles. The predicted octanol–water partition coefficient (Wildman–Crippen LogP) is 0.253. The van der Waals surface area contributed by atoms with Gasteiger partial charge >= 0.3 is 7.60 Å². The van der Waals surface area contributed by atoms with E-state index in [1.165, 1.54) is 6.92 Å². The van der Waals surface area contributed by atoms with Gasteiger partial charge in [-0.2, -0.15) is 0 Å². The third-order valence-electron chi connectivity index (χ3n) is 0.662. The quantitative estimate of drug-likeness (QED) is 0.399. The van der Waals surface area contributed by atoms with Crippen LogP contribution in [0.3, 0.4) is 0 Å². The van der Waals surface area contributed by atoms with E-state index in [0.29, 0.717) is 0 Å². The SMILES string of the molecule is CC(NCl)P(=O)(O)O. The molecular formula is C2H7ClNO3P. The average molecular weight is 160 g/mol. The van der Waals surface area contributed by atoms with Gasteiger partial charge in [-0.15, -0.1) is 0 Å². The highest BCUT2D eigenvalue weighted by Crippen LogP contribution is 2.39. The smallest absolute Gasteiger partial charge is 0.323 e. The van der Waals surface area contributed by atoms with Gasteiger partial charge in [-0.25, -0.2) is 4.84 Å². The molecule has 0 aromatic rings. The van der Waals surface area contributed by atoms with Gasteiger partial charge < -0.3 is 9.79 Å². The van der Waals surface area contributed by atoms with Crippen molar-refractivity contribution < 1.29 is 14.4 Å². The lowest BCUT2D eigenvalue weighted by Crippen LogP contribution is -2.15. The Morgan fingerprint density at radius 3 is 2.12 bits per heavy atom. The second kappa shape index (κ2) is 2.80. The molecule has 0 amide bonds. The highest BCUT2D eigenvalue weighted by molar-refractivity contribution is 7.52. The van der Waals surface area contributed by atoms with Crippen molar-refractivity contribution in [1.29, 1.82) is 0 Å². The van der Waals surface area contributed by atoms with Crippen molar-refractivity contribution in [2.75, 3.05) is 0 Å². The molecule has 0 fully saturated rings. The van der Waals surface area contributed by atoms with Crippen LogP contribution in [0.5, 0.6) is 0 Å². The molecule has 3 N–H and O–H groups in total. The highest BCUT2D eigenvalue weighted by atomic mass is 35.5. The number of nitrogens with one attached hydrogen (secondary N) is 1. The molecule has 50 valence electrons. The lowest BCUT2D eigenvalue weighted by Gasteiger charge is -2.08. The van der Waals surface area contributed by atoms with Crippen molar-refractivity contribution in [1.82, 2.24) is 4.84 Å². The van der Waals surface area contributed by atoms with E-state index in [9.17, 15) is 4.57 Å². The van der Waals surface area contributed by atoms with Crippen molar-refractivity contribution >= 4 is 19.4 Å². The van der Waals surface area contributed by atoms with E-state index in [4.69, 9.17) is 21.6 Å². The van der Waals surface area contributed by atoms with Gasteiger partial charge in [0.15, 0.2) is 0 Å². The molecule has 4 nitrogen and oxygen atoms in total. The summed E-state index contributed by atoms with van der Waals surface area (Å²) in [6.07, 6.45) is 0. The normalized spacial score (nSPS) is 16.0. The molecule has 0 heterocycles. The minimum absolute atomic E-state index is 0.968. The Balaban J connectivity index is 3.82. The van der Waals surface area contributed by atoms with Crippen LogP contribution in [0.15, 0.2) is 0 Å². The lowest BCUT2D eigenvalue weighted by atomic mass is 10.8. The molecule has 0 spiro atoms. The van der Waals surface area contributed by atoms with Crippen molar-refractivity contribution in [3.8, 4) is 0 Å². The molecule has 0 aromatic heterocycles. The molecule has 0 saturated carbocycles. The van der Waals surface area contributed by atoms with E-state index in [1.54, 1.807) is 0 Å². The summed E-state index contributed by atoms with van der Waals surface area (Å²) in [5.41, 5.74) is 0. The van der Waals surface area contributed by atoms with Crippen LogP contribution in [0.25, 0.3) is 0 Å². The number of hydrogen-bond acceptors (Lipinski definition) is 2. The molecule has 0 saturated heterocycles. The second-order valence-corrected chi connectivity index (χ2v) is 3.55. The maximum Gasteiger partial charge on any atom is 0.343 e. The van der Waals surface area contributed by atoms with Crippen LogP contribution < -0.4 is 4.84 Å². The third kappa shape index (κ3) is 2.64. The van der Waals surface area contributed by atoms with Gasteiger partial charge in [-0.3, -0.25) is 4.57 Å². The molecule has 0 radical (unpaired) electrons. The van der Waals surface area contributed by atoms with Crippen LogP contribution in [0.1, 0.15) is 6.92 Å². The standard InChI is InChI=1S/C2H7ClNO3P/c1-2(4-3)8(5,6)7/h2,4H,1H3,(H2,5,6,7). The van der Waals surface area contributed by atoms with Gasteiger partial charge in [0.1, 0.15) is 5.78 Å². The Kier molecular flexibility index (Phi) is 2.94. The fraction of sp³-hybridized carbons (Fsp3) is 1.00. The van der Waals surface area contributed by atoms with Crippen molar-refractivity contribution in [3.63, 3.8) is 0 Å². The van der Waals surface area contributed by atoms with Crippen LogP contribution in [-0.2, 0) is 4.57 Å². The average Bonchev–Trinajstić information content (AvgIpc) is 1.62. The predicted molar refractivity (Wildman–Crippen MR) is 30.5 cm³/mol. The molecule has 0 aliphatic rings. The molecule has 1 unspecified atom stereocenters. The third-order valence-corrected chi connectivity index (χ3v) is 2.28. The van der Waals surface area contributed by atoms with Crippen LogP contribution in [0.2, 0.25) is 0 Å². The summed E-state index contributed by atoms with van der Waals surface area (Å²) < 4.78 is 10.1. The summed E-state index contributed by atoms with van der Waals surface area (Å²) in [6.45, 7) is 1.30. The zero-order valence-electron chi connectivity index (χ0n) is 4.21. The molecule has 0 bridgehead atoms. The van der Waals surface area contributed by atoms with Crippen molar-refractivity contribution in [2.45, 2.75) is 12.7 Å². The maximum absolute atomic E-state index is 10.1. The van der Waals surface area contributed by atoms with E-state index < -0.39 is 13.4 Å². The second-order valence-electron chi connectivity index (χ2n) is 1.37. The minimum atomic E-state index is -4.00. The Hall–Kier alpha value is 0.400. The lowest BCUT2D eigenvalue weighted by molar-refractivity contribution is 0.358. The summed E-state index contributed by atoms with van der Waals surface area (Å²) in [4.78, 5) is 18.4. The topological polar surface area (TPSA) is 69.6 Å². The Morgan fingerprint density at radius 1 is 1.75 bits per heavy atom. The van der Waals surface area contributed by atoms with Gasteiger partial charge in [0.2, 0.25) is 0 Å². The van der Waals surface area contributed by atoms with Gasteiger partial charge in [0.25, 0.3) is 0 Å². The van der Waals surface area contributed by atoms with Crippen LogP contribution in [-0.4, -0.2) is 15.6 Å². The molecule has 1 atom stereocenters. The summed E-state index contributed by atoms with van der Waals surface area (Å²) in [5.74, 6) is -0.968. The maximum atomic E-state index is 10.1. The number of rotatable bonds is 2. The van der Waals surface area contributed by atoms with Gasteiger partial charge in [0, 0.05) is 0 Å². The first-order chi connectivity index (χ1) is 3.48. The van der Waals surface area contributed by atoms with E-state index in [1.807, 2.05) is 4.84 Å². The fourth-order valence-electron chi connectivity index (χ4n) is 0.0636. The largest absolute Gasteiger partial charge is 0.343 e. The zero-order valence-corrected chi connectivity index (χ0v) is 5.86. The van der Waals surface area contributed by atoms with Gasteiger partial charge in [-0.1, -0.05) is 0 Å². The molecule has 8 heavy (non-hydrogen) atoms. The monoisotopic (exact) mass is 159 g/mol. The first kappa shape index (κ1) is 8.40. The fourth-order valence-corrected chi connectivity index (χ4v) is 0.572. The summed E-state index contributed by atoms with van der Waals surface area (Å²) in [7, 11) is -4.00. The summed E-state index contributed by atoms with van der Waals surface area (Å²) in [5, 5.41) is 0. The minimum Gasteiger partial charge on any atom is -0.323 e. The van der Waals surface area contributed by atoms with E-state index in [2.05, 4.69) is 0 Å². The first-order valence-electron chi connectivity index (χ1n) is 1.90. The van der Waals surface area contributed by atoms with Gasteiger partial charge in [0.05, 0.1) is 0 Å². The Morgan fingerprint density at radius 2 is 2.12 bits per heavy atom. The summed E-state index contributed by atoms with van der Waals surface area (Å²) in [6, 6.07) is 0. The van der Waals surface area contributed by atoms with E-state index in [-0.39, 0.29) is 0 Å². The molecule has 0 rings (SSSR count). The summed E-state index contributed by atoms with van der Waals surface area (Å²) >= 11 is 4.89. The van der Waals surface area contributed by atoms with Crippen molar-refractivity contribution in [3.05, 3.63) is 0 Å². The molecular weight excluding hydrogens is 152 g/mol. The molecule has 0 aromatic carbocycles. The van der Waals surface area contributed by atoms with Gasteiger partial charge in [-0.05, 0) is 18.7 Å². The van der Waals surface area contributed by atoms with Crippen LogP contribution in [0, 0.1) is 0 Å². The highest BCUT2D eigenvalue weighted by Gasteiger charge is 2.21. The first-order valence-corrected chi connectivity index (χ1v) is 3.96. The van der Waals surface area contributed by atoms with Crippen molar-refractivity contribution in [2.24, 2.45) is 0 Å². The Labute approximate surface area is 52.1 Å². The molecule has 6 heteroatoms. The molecule has 0 aliphatic carbocycles. The van der Waals surface area contributed by atoms with Crippen LogP contribution in [0.4, 0.5) is 0 Å². The zero-order chi connectivity index (χ0) is 6.78. The Bertz CT molecular complexity index is 112. The number of halogens is 1. The van der Waals surface area contributed by atoms with Crippen LogP contribution >= 0.6 is 19.4 Å². The van der Waals surface area contributed by atoms with E-state index >= 15 is 0 Å². The van der Waals surface area contributed by atoms with E-state index in [0.717, 1.165) is 0 Å².